The SMILES string of the molecule is CN1CCCN(C(=O)COc2ccc([N+](=O)[O-])cc2)CC1. The third kappa shape index (κ3) is 4.42. The molecule has 0 bridgehead atoms. The number of nitrogens with zero attached hydrogens (tertiary/aromatic N) is 3. The van der Waals surface area contributed by atoms with Crippen LogP contribution in [0.3, 0.4) is 0 Å². The van der Waals surface area contributed by atoms with Crippen molar-refractivity contribution in [1.29, 1.82) is 0 Å². The smallest absolute Gasteiger partial charge is 0.269 e. The molecule has 1 aromatic rings. The van der Waals surface area contributed by atoms with Crippen LogP contribution in [0.15, 0.2) is 24.3 Å². The van der Waals surface area contributed by atoms with Crippen LogP contribution in [-0.4, -0.2) is 60.5 Å². The molecule has 21 heavy (non-hydrogen) atoms. The second kappa shape index (κ2) is 7.03. The van der Waals surface area contributed by atoms with Gasteiger partial charge in [0.05, 0.1) is 4.92 Å². The van der Waals surface area contributed by atoms with Crippen molar-refractivity contribution in [1.82, 2.24) is 9.80 Å². The van der Waals surface area contributed by atoms with Crippen LogP contribution in [0.25, 0.3) is 0 Å². The lowest BCUT2D eigenvalue weighted by Crippen LogP contribution is -2.37. The van der Waals surface area contributed by atoms with Gasteiger partial charge in [-0.05, 0) is 32.1 Å². The zero-order valence-corrected chi connectivity index (χ0v) is 12.0. The van der Waals surface area contributed by atoms with E-state index in [2.05, 4.69) is 4.90 Å². The van der Waals surface area contributed by atoms with E-state index in [4.69, 9.17) is 4.74 Å². The number of carbonyl (C=O) groups excluding carboxylic acids is 1. The predicted molar refractivity (Wildman–Crippen MR) is 77.3 cm³/mol. The minimum atomic E-state index is -0.470. The first-order valence-electron chi connectivity index (χ1n) is 6.90. The standard InChI is InChI=1S/C14H19N3O4/c1-15-7-2-8-16(10-9-15)14(18)11-21-13-5-3-12(4-6-13)17(19)20/h3-6H,2,7-11H2,1H3. The molecule has 2 rings (SSSR count). The van der Waals surface area contributed by atoms with Crippen LogP contribution in [0.4, 0.5) is 5.69 Å². The molecule has 1 amide bonds. The summed E-state index contributed by atoms with van der Waals surface area (Å²) in [7, 11) is 2.04. The van der Waals surface area contributed by atoms with Gasteiger partial charge in [0.15, 0.2) is 6.61 Å². The van der Waals surface area contributed by atoms with Crippen molar-refractivity contribution >= 4 is 11.6 Å². The van der Waals surface area contributed by atoms with E-state index in [0.717, 1.165) is 26.1 Å². The van der Waals surface area contributed by atoms with E-state index >= 15 is 0 Å². The Morgan fingerprint density at radius 1 is 1.24 bits per heavy atom. The van der Waals surface area contributed by atoms with E-state index in [9.17, 15) is 14.9 Å². The Morgan fingerprint density at radius 3 is 2.62 bits per heavy atom. The Bertz CT molecular complexity index is 503. The lowest BCUT2D eigenvalue weighted by atomic mass is 10.3. The predicted octanol–water partition coefficient (Wildman–Crippen LogP) is 1.14. The molecule has 0 unspecified atom stereocenters. The van der Waals surface area contributed by atoms with Crippen molar-refractivity contribution in [2.75, 3.05) is 39.8 Å². The molecule has 1 aromatic carbocycles. The molecule has 114 valence electrons. The third-order valence-electron chi connectivity index (χ3n) is 3.48. The molecule has 0 N–H and O–H groups in total. The molecular formula is C14H19N3O4. The van der Waals surface area contributed by atoms with E-state index in [-0.39, 0.29) is 18.2 Å². The van der Waals surface area contributed by atoms with Crippen molar-refractivity contribution in [2.45, 2.75) is 6.42 Å². The van der Waals surface area contributed by atoms with E-state index in [0.29, 0.717) is 12.3 Å². The van der Waals surface area contributed by atoms with Gasteiger partial charge in [-0.25, -0.2) is 0 Å². The van der Waals surface area contributed by atoms with Gasteiger partial charge >= 0.3 is 0 Å². The van der Waals surface area contributed by atoms with Gasteiger partial charge in [0, 0.05) is 31.8 Å². The topological polar surface area (TPSA) is 75.9 Å². The number of rotatable bonds is 4. The number of nitro benzene ring substituents is 1. The molecule has 0 radical (unpaired) electrons. The van der Waals surface area contributed by atoms with Gasteiger partial charge in [0.2, 0.25) is 0 Å². The molecule has 7 heteroatoms. The number of ether oxygens (including phenoxy) is 1. The monoisotopic (exact) mass is 293 g/mol. The molecule has 1 aliphatic heterocycles. The van der Waals surface area contributed by atoms with Gasteiger partial charge < -0.3 is 14.5 Å². The molecule has 7 nitrogen and oxygen atoms in total. The molecule has 1 fully saturated rings. The van der Waals surface area contributed by atoms with E-state index < -0.39 is 4.92 Å². The van der Waals surface area contributed by atoms with Crippen molar-refractivity contribution in [2.24, 2.45) is 0 Å². The second-order valence-electron chi connectivity index (χ2n) is 5.08. The maximum absolute atomic E-state index is 12.1. The average Bonchev–Trinajstić information content (AvgIpc) is 2.70. The average molecular weight is 293 g/mol. The Morgan fingerprint density at radius 2 is 1.95 bits per heavy atom. The Hall–Kier alpha value is -2.15. The van der Waals surface area contributed by atoms with E-state index in [1.54, 1.807) is 4.90 Å². The zero-order chi connectivity index (χ0) is 15.2. The summed E-state index contributed by atoms with van der Waals surface area (Å²) in [6, 6.07) is 5.73. The number of hydrogen-bond acceptors (Lipinski definition) is 5. The van der Waals surface area contributed by atoms with Crippen molar-refractivity contribution in [3.05, 3.63) is 34.4 Å². The van der Waals surface area contributed by atoms with Crippen molar-refractivity contribution < 1.29 is 14.5 Å². The van der Waals surface area contributed by atoms with Gasteiger partial charge in [-0.1, -0.05) is 0 Å². The largest absolute Gasteiger partial charge is 0.484 e. The first-order chi connectivity index (χ1) is 10.1. The highest BCUT2D eigenvalue weighted by molar-refractivity contribution is 5.77. The number of amides is 1. The molecule has 1 aliphatic rings. The molecule has 0 spiro atoms. The highest BCUT2D eigenvalue weighted by Gasteiger charge is 2.17. The molecule has 0 aromatic heterocycles. The Labute approximate surface area is 123 Å². The zero-order valence-electron chi connectivity index (χ0n) is 12.0. The maximum atomic E-state index is 12.1. The van der Waals surface area contributed by atoms with Gasteiger partial charge in [0.1, 0.15) is 5.75 Å². The first kappa shape index (κ1) is 15.2. The molecular weight excluding hydrogens is 274 g/mol. The van der Waals surface area contributed by atoms with E-state index in [1.807, 2.05) is 7.05 Å². The molecule has 1 saturated heterocycles. The summed E-state index contributed by atoms with van der Waals surface area (Å²) < 4.78 is 5.40. The number of likely N-dealkylation sites (N-methyl/N-ethyl adjacent to an activating group) is 1. The highest BCUT2D eigenvalue weighted by atomic mass is 16.6. The summed E-state index contributed by atoms with van der Waals surface area (Å²) >= 11 is 0. The normalized spacial score (nSPS) is 16.3. The van der Waals surface area contributed by atoms with Crippen LogP contribution in [0.5, 0.6) is 5.75 Å². The Kier molecular flexibility index (Phi) is 5.10. The van der Waals surface area contributed by atoms with Gasteiger partial charge in [-0.3, -0.25) is 14.9 Å². The third-order valence-corrected chi connectivity index (χ3v) is 3.48. The van der Waals surface area contributed by atoms with Crippen LogP contribution in [0.1, 0.15) is 6.42 Å². The summed E-state index contributed by atoms with van der Waals surface area (Å²) in [5.74, 6) is 0.407. The number of hydrogen-bond donors (Lipinski definition) is 0. The van der Waals surface area contributed by atoms with Gasteiger partial charge in [-0.2, -0.15) is 0 Å². The summed E-state index contributed by atoms with van der Waals surface area (Å²) in [6.45, 7) is 3.27. The summed E-state index contributed by atoms with van der Waals surface area (Å²) in [5.41, 5.74) is 0.00392. The quantitative estimate of drug-likeness (QED) is 0.614. The highest BCUT2D eigenvalue weighted by Crippen LogP contribution is 2.17. The fourth-order valence-corrected chi connectivity index (χ4v) is 2.20. The minimum absolute atomic E-state index is 0.00392. The maximum Gasteiger partial charge on any atom is 0.269 e. The first-order valence-corrected chi connectivity index (χ1v) is 6.90. The molecule has 0 atom stereocenters. The number of carbonyl (C=O) groups is 1. The van der Waals surface area contributed by atoms with Crippen molar-refractivity contribution in [3.8, 4) is 5.75 Å². The number of benzene rings is 1. The fraction of sp³-hybridized carbons (Fsp3) is 0.500. The summed E-state index contributed by atoms with van der Waals surface area (Å²) in [4.78, 5) is 26.2. The van der Waals surface area contributed by atoms with Crippen LogP contribution in [0.2, 0.25) is 0 Å². The van der Waals surface area contributed by atoms with Crippen LogP contribution < -0.4 is 4.74 Å². The van der Waals surface area contributed by atoms with Crippen LogP contribution in [-0.2, 0) is 4.79 Å². The second-order valence-corrected chi connectivity index (χ2v) is 5.08. The van der Waals surface area contributed by atoms with Gasteiger partial charge in [-0.15, -0.1) is 0 Å². The lowest BCUT2D eigenvalue weighted by molar-refractivity contribution is -0.384. The number of non-ortho nitro benzene ring substituents is 1. The van der Waals surface area contributed by atoms with Crippen LogP contribution in [0, 0.1) is 10.1 Å². The Balaban J connectivity index is 1.84. The molecule has 0 aliphatic carbocycles. The minimum Gasteiger partial charge on any atom is -0.484 e. The molecule has 0 saturated carbocycles. The molecule has 1 heterocycles. The van der Waals surface area contributed by atoms with E-state index in [1.165, 1.54) is 24.3 Å². The lowest BCUT2D eigenvalue weighted by Gasteiger charge is -2.20. The van der Waals surface area contributed by atoms with Gasteiger partial charge in [0.25, 0.3) is 11.6 Å². The summed E-state index contributed by atoms with van der Waals surface area (Å²) in [6.07, 6.45) is 0.958. The van der Waals surface area contributed by atoms with Crippen molar-refractivity contribution in [3.63, 3.8) is 0 Å². The fourth-order valence-electron chi connectivity index (χ4n) is 2.20. The van der Waals surface area contributed by atoms with Crippen LogP contribution >= 0.6 is 0 Å². The number of nitro groups is 1. The summed E-state index contributed by atoms with van der Waals surface area (Å²) in [5, 5.41) is 10.5.